The van der Waals surface area contributed by atoms with Crippen LogP contribution in [-0.2, 0) is 0 Å². The van der Waals surface area contributed by atoms with Gasteiger partial charge in [-0.1, -0.05) is 20.3 Å². The van der Waals surface area contributed by atoms with Crippen molar-refractivity contribution in [2.75, 3.05) is 7.05 Å². The maximum Gasteiger partial charge on any atom is 0.0453 e. The smallest absolute Gasteiger partial charge is 0.0453 e. The van der Waals surface area contributed by atoms with Gasteiger partial charge in [-0.25, -0.2) is 0 Å². The Hall–Kier alpha value is -0.790. The van der Waals surface area contributed by atoms with E-state index in [1.807, 2.05) is 19.5 Å². The minimum absolute atomic E-state index is 1.01. The van der Waals surface area contributed by atoms with Crippen LogP contribution in [0.2, 0.25) is 0 Å². The molecule has 2 nitrogen and oxygen atoms in total. The van der Waals surface area contributed by atoms with Gasteiger partial charge in [-0.05, 0) is 12.8 Å². The van der Waals surface area contributed by atoms with Crippen molar-refractivity contribution < 1.29 is 0 Å². The Morgan fingerprint density at radius 2 is 2.18 bits per heavy atom. The number of rotatable bonds is 5. The summed E-state index contributed by atoms with van der Waals surface area (Å²) in [5.74, 6) is 0. The van der Waals surface area contributed by atoms with Gasteiger partial charge in [-0.3, -0.25) is 4.99 Å². The van der Waals surface area contributed by atoms with Crippen molar-refractivity contribution in [2.24, 2.45) is 4.99 Å². The monoisotopic (exact) mass is 154 g/mol. The normalized spacial score (nSPS) is 12.5. The molecular formula is C9H18N2. The molecule has 2 heteroatoms. The second kappa shape index (κ2) is 7.32. The third-order valence-electron chi connectivity index (χ3n) is 1.46. The molecule has 0 bridgehead atoms. The number of aliphatic imine (C=N–C) groups is 1. The van der Waals surface area contributed by atoms with E-state index < -0.39 is 0 Å². The van der Waals surface area contributed by atoms with Crippen LogP contribution in [0.1, 0.15) is 33.1 Å². The third kappa shape index (κ3) is 5.64. The van der Waals surface area contributed by atoms with Gasteiger partial charge in [0.05, 0.1) is 0 Å². The first-order valence-electron chi connectivity index (χ1n) is 4.23. The molecule has 0 aromatic rings. The number of nitrogens with one attached hydrogen (secondary N) is 1. The molecular weight excluding hydrogens is 136 g/mol. The molecule has 0 aliphatic rings. The number of unbranched alkanes of at least 4 members (excludes halogenated alkanes) is 1. The molecule has 0 aromatic heterocycles. The summed E-state index contributed by atoms with van der Waals surface area (Å²) in [6.45, 7) is 4.26. The molecule has 0 amide bonds. The van der Waals surface area contributed by atoms with Crippen LogP contribution in [0.5, 0.6) is 0 Å². The van der Waals surface area contributed by atoms with Crippen molar-refractivity contribution in [3.05, 3.63) is 11.9 Å². The SMILES string of the molecule is CCC/C=N/C=C(/CC)NC. The van der Waals surface area contributed by atoms with E-state index in [-0.39, 0.29) is 0 Å². The summed E-state index contributed by atoms with van der Waals surface area (Å²) in [5.41, 5.74) is 1.18. The van der Waals surface area contributed by atoms with E-state index in [2.05, 4.69) is 24.2 Å². The average molecular weight is 154 g/mol. The van der Waals surface area contributed by atoms with E-state index in [1.54, 1.807) is 0 Å². The minimum atomic E-state index is 1.01. The van der Waals surface area contributed by atoms with E-state index in [4.69, 9.17) is 0 Å². The Labute approximate surface area is 69.4 Å². The van der Waals surface area contributed by atoms with Gasteiger partial charge >= 0.3 is 0 Å². The second-order valence-corrected chi connectivity index (χ2v) is 2.38. The maximum atomic E-state index is 4.15. The van der Waals surface area contributed by atoms with E-state index in [1.165, 1.54) is 12.1 Å². The van der Waals surface area contributed by atoms with Crippen molar-refractivity contribution in [2.45, 2.75) is 33.1 Å². The summed E-state index contributed by atoms with van der Waals surface area (Å²) in [7, 11) is 1.92. The maximum absolute atomic E-state index is 4.15. The van der Waals surface area contributed by atoms with Crippen LogP contribution in [0.25, 0.3) is 0 Å². The molecule has 0 spiro atoms. The Morgan fingerprint density at radius 3 is 2.64 bits per heavy atom. The number of allylic oxidation sites excluding steroid dienone is 1. The lowest BCUT2D eigenvalue weighted by molar-refractivity contribution is 0.893. The first-order chi connectivity index (χ1) is 5.35. The molecule has 0 saturated carbocycles. The lowest BCUT2D eigenvalue weighted by atomic mass is 10.3. The lowest BCUT2D eigenvalue weighted by Crippen LogP contribution is -2.03. The van der Waals surface area contributed by atoms with Crippen LogP contribution in [-0.4, -0.2) is 13.3 Å². The third-order valence-corrected chi connectivity index (χ3v) is 1.46. The molecule has 0 aliphatic heterocycles. The Morgan fingerprint density at radius 1 is 1.45 bits per heavy atom. The molecule has 64 valence electrons. The number of nitrogens with zero attached hydrogens (tertiary/aromatic N) is 1. The Balaban J connectivity index is 3.68. The zero-order valence-corrected chi connectivity index (χ0v) is 7.72. The quantitative estimate of drug-likeness (QED) is 0.604. The summed E-state index contributed by atoms with van der Waals surface area (Å²) < 4.78 is 0. The highest BCUT2D eigenvalue weighted by molar-refractivity contribution is 5.57. The van der Waals surface area contributed by atoms with Crippen molar-refractivity contribution in [1.82, 2.24) is 5.32 Å². The van der Waals surface area contributed by atoms with Crippen molar-refractivity contribution in [1.29, 1.82) is 0 Å². The lowest BCUT2D eigenvalue weighted by Gasteiger charge is -1.98. The molecule has 1 N–H and O–H groups in total. The summed E-state index contributed by atoms with van der Waals surface area (Å²) in [5, 5.41) is 3.08. The van der Waals surface area contributed by atoms with Gasteiger partial charge in [0, 0.05) is 25.2 Å². The van der Waals surface area contributed by atoms with Crippen LogP contribution >= 0.6 is 0 Å². The van der Waals surface area contributed by atoms with E-state index >= 15 is 0 Å². The van der Waals surface area contributed by atoms with Gasteiger partial charge in [0.2, 0.25) is 0 Å². The fraction of sp³-hybridized carbons (Fsp3) is 0.667. The molecule has 0 atom stereocenters. The van der Waals surface area contributed by atoms with Crippen LogP contribution < -0.4 is 5.32 Å². The van der Waals surface area contributed by atoms with Crippen LogP contribution in [0.4, 0.5) is 0 Å². The minimum Gasteiger partial charge on any atom is -0.390 e. The van der Waals surface area contributed by atoms with Gasteiger partial charge in [0.25, 0.3) is 0 Å². The van der Waals surface area contributed by atoms with Crippen LogP contribution in [0.15, 0.2) is 16.9 Å². The van der Waals surface area contributed by atoms with Gasteiger partial charge in [-0.15, -0.1) is 0 Å². The summed E-state index contributed by atoms with van der Waals surface area (Å²) in [4.78, 5) is 4.15. The molecule has 0 radical (unpaired) electrons. The highest BCUT2D eigenvalue weighted by Crippen LogP contribution is 1.93. The molecule has 0 aliphatic carbocycles. The van der Waals surface area contributed by atoms with Gasteiger partial charge in [0.15, 0.2) is 0 Å². The molecule has 0 saturated heterocycles. The predicted molar refractivity (Wildman–Crippen MR) is 50.8 cm³/mol. The molecule has 11 heavy (non-hydrogen) atoms. The largest absolute Gasteiger partial charge is 0.390 e. The first-order valence-corrected chi connectivity index (χ1v) is 4.23. The number of hydrogen-bond donors (Lipinski definition) is 1. The fourth-order valence-electron chi connectivity index (χ4n) is 0.679. The topological polar surface area (TPSA) is 24.4 Å². The number of hydrogen-bond acceptors (Lipinski definition) is 2. The summed E-state index contributed by atoms with van der Waals surface area (Å²) in [6, 6.07) is 0. The zero-order valence-electron chi connectivity index (χ0n) is 7.72. The van der Waals surface area contributed by atoms with E-state index in [0.29, 0.717) is 0 Å². The summed E-state index contributed by atoms with van der Waals surface area (Å²) in [6.07, 6.45) is 7.08. The first kappa shape index (κ1) is 10.2. The van der Waals surface area contributed by atoms with Crippen LogP contribution in [0, 0.1) is 0 Å². The predicted octanol–water partition coefficient (Wildman–Crippen LogP) is 2.33. The Bertz CT molecular complexity index is 130. The molecule has 0 aromatic carbocycles. The Kier molecular flexibility index (Phi) is 6.79. The van der Waals surface area contributed by atoms with E-state index in [0.717, 1.165) is 12.8 Å². The van der Waals surface area contributed by atoms with Gasteiger partial charge in [0.1, 0.15) is 0 Å². The van der Waals surface area contributed by atoms with Crippen LogP contribution in [0.3, 0.4) is 0 Å². The van der Waals surface area contributed by atoms with Crippen molar-refractivity contribution >= 4 is 6.21 Å². The fourth-order valence-corrected chi connectivity index (χ4v) is 0.679. The van der Waals surface area contributed by atoms with E-state index in [9.17, 15) is 0 Å². The highest BCUT2D eigenvalue weighted by atomic mass is 14.9. The average Bonchev–Trinajstić information content (AvgIpc) is 2.05. The zero-order chi connectivity index (χ0) is 8.53. The molecule has 0 rings (SSSR count). The van der Waals surface area contributed by atoms with Crippen molar-refractivity contribution in [3.63, 3.8) is 0 Å². The molecule has 0 unspecified atom stereocenters. The van der Waals surface area contributed by atoms with Gasteiger partial charge in [-0.2, -0.15) is 0 Å². The molecule has 0 heterocycles. The summed E-state index contributed by atoms with van der Waals surface area (Å²) >= 11 is 0. The standard InChI is InChI=1S/C9H18N2/c1-4-6-7-11-8-9(5-2)10-3/h7-8,10H,4-6H2,1-3H3/b9-8-,11-7+. The van der Waals surface area contributed by atoms with Gasteiger partial charge < -0.3 is 5.32 Å². The highest BCUT2D eigenvalue weighted by Gasteiger charge is 1.83. The molecule has 0 fully saturated rings. The second-order valence-electron chi connectivity index (χ2n) is 2.38. The van der Waals surface area contributed by atoms with Crippen molar-refractivity contribution in [3.8, 4) is 0 Å².